The minimum Gasteiger partial charge on any atom is -0.497 e. The molecule has 1 unspecified atom stereocenters. The largest absolute Gasteiger partial charge is 0.497 e. The minimum absolute atomic E-state index is 0.0762. The Morgan fingerprint density at radius 3 is 1.91 bits per heavy atom. The number of ether oxygens (including phenoxy) is 8. The van der Waals surface area contributed by atoms with Crippen molar-refractivity contribution in [2.45, 2.75) is 186 Å². The number of hydrogen-bond acceptors (Lipinski definition) is 12. The molecule has 0 spiro atoms. The van der Waals surface area contributed by atoms with Gasteiger partial charge in [-0.1, -0.05) is 73.6 Å². The van der Waals surface area contributed by atoms with Crippen LogP contribution in [0.1, 0.15) is 99.1 Å². The van der Waals surface area contributed by atoms with E-state index in [4.69, 9.17) is 46.7 Å². The molecule has 0 amide bonds. The Kier molecular flexibility index (Phi) is 21.6. The second-order valence-corrected chi connectivity index (χ2v) is 30.3. The summed E-state index contributed by atoms with van der Waals surface area (Å²) in [5.74, 6) is 5.10. The summed E-state index contributed by atoms with van der Waals surface area (Å²) in [6.45, 7) is 28.6. The van der Waals surface area contributed by atoms with Gasteiger partial charge in [-0.05, 0) is 85.0 Å². The molecule has 2 N–H and O–H groups in total. The van der Waals surface area contributed by atoms with E-state index in [0.717, 1.165) is 16.9 Å². The zero-order valence-electron chi connectivity index (χ0n) is 43.2. The van der Waals surface area contributed by atoms with Crippen molar-refractivity contribution in [1.29, 1.82) is 0 Å². The van der Waals surface area contributed by atoms with Crippen LogP contribution in [-0.2, 0) is 45.8 Å². The number of aliphatic hydroxyl groups is 2. The van der Waals surface area contributed by atoms with E-state index >= 15 is 0 Å². The quantitative estimate of drug-likeness (QED) is 0.0726. The molecule has 0 radical (unpaired) electrons. The maximum Gasteiger partial charge on any atom is 0.199 e. The molecule has 2 aromatic rings. The summed E-state index contributed by atoms with van der Waals surface area (Å²) >= 11 is 0. The molecule has 10 atom stereocenters. The third kappa shape index (κ3) is 15.2. The molecular formula is C51H86O12Si2. The Hall–Kier alpha value is -2.53. The zero-order chi connectivity index (χ0) is 49.0. The van der Waals surface area contributed by atoms with Gasteiger partial charge in [-0.3, -0.25) is 0 Å². The molecule has 12 nitrogen and oxygen atoms in total. The number of aliphatic hydroxyl groups excluding tert-OH is 1. The van der Waals surface area contributed by atoms with Crippen molar-refractivity contribution in [3.05, 3.63) is 53.6 Å². The molecule has 0 saturated carbocycles. The first-order valence-electron chi connectivity index (χ1n) is 23.2. The topological polar surface area (TPSA) is 133 Å². The monoisotopic (exact) mass is 947 g/mol. The van der Waals surface area contributed by atoms with Gasteiger partial charge in [0, 0.05) is 45.3 Å². The van der Waals surface area contributed by atoms with Crippen molar-refractivity contribution in [3.63, 3.8) is 0 Å². The van der Waals surface area contributed by atoms with Crippen LogP contribution >= 0.6 is 0 Å². The van der Waals surface area contributed by atoms with Crippen molar-refractivity contribution < 1.29 is 57.0 Å². The van der Waals surface area contributed by atoms with E-state index in [2.05, 4.69) is 86.5 Å². The number of rotatable bonds is 25. The van der Waals surface area contributed by atoms with E-state index in [-0.39, 0.29) is 41.7 Å². The average Bonchev–Trinajstić information content (AvgIpc) is 3.25. The summed E-state index contributed by atoms with van der Waals surface area (Å²) in [4.78, 5) is 0. The molecule has 0 aromatic heterocycles. The zero-order valence-corrected chi connectivity index (χ0v) is 45.2. The van der Waals surface area contributed by atoms with Crippen molar-refractivity contribution in [2.24, 2.45) is 11.8 Å². The molecule has 1 aliphatic rings. The summed E-state index contributed by atoms with van der Waals surface area (Å²) in [5, 5.41) is 26.0. The van der Waals surface area contributed by atoms with Gasteiger partial charge in [0.15, 0.2) is 33.9 Å². The molecule has 1 fully saturated rings. The molecule has 370 valence electrons. The van der Waals surface area contributed by atoms with Gasteiger partial charge in [0.05, 0.1) is 77.8 Å². The molecule has 65 heavy (non-hydrogen) atoms. The summed E-state index contributed by atoms with van der Waals surface area (Å²) in [5.41, 5.74) is 1.76. The van der Waals surface area contributed by atoms with Gasteiger partial charge in [0.1, 0.15) is 11.9 Å². The van der Waals surface area contributed by atoms with Crippen molar-refractivity contribution in [3.8, 4) is 29.1 Å². The van der Waals surface area contributed by atoms with Crippen LogP contribution in [0, 0.1) is 23.7 Å². The third-order valence-corrected chi connectivity index (χ3v) is 23.2. The number of benzene rings is 2. The molecule has 2 aromatic carbocycles. The Balaban J connectivity index is 2.16. The highest BCUT2D eigenvalue weighted by Crippen LogP contribution is 2.47. The lowest BCUT2D eigenvalue weighted by Gasteiger charge is -2.55. The maximum atomic E-state index is 13.3. The van der Waals surface area contributed by atoms with Gasteiger partial charge in [0.2, 0.25) is 0 Å². The van der Waals surface area contributed by atoms with Crippen LogP contribution in [0.15, 0.2) is 42.5 Å². The summed E-state index contributed by atoms with van der Waals surface area (Å²) < 4.78 is 63.0. The number of methoxy groups -OCH3 is 5. The Bertz CT molecular complexity index is 1780. The highest BCUT2D eigenvalue weighted by molar-refractivity contribution is 6.74. The van der Waals surface area contributed by atoms with E-state index < -0.39 is 65.0 Å². The number of hydrogen-bond donors (Lipinski definition) is 2. The maximum absolute atomic E-state index is 13.3. The van der Waals surface area contributed by atoms with E-state index in [0.29, 0.717) is 37.4 Å². The van der Waals surface area contributed by atoms with Crippen LogP contribution in [0.5, 0.6) is 17.2 Å². The molecule has 3 rings (SSSR count). The van der Waals surface area contributed by atoms with E-state index in [9.17, 15) is 10.2 Å². The van der Waals surface area contributed by atoms with Crippen molar-refractivity contribution in [2.75, 3.05) is 42.2 Å². The first-order valence-corrected chi connectivity index (χ1v) is 29.1. The molecule has 1 aliphatic heterocycles. The molecule has 0 bridgehead atoms. The Morgan fingerprint density at radius 2 is 1.37 bits per heavy atom. The van der Waals surface area contributed by atoms with Crippen LogP contribution in [-0.4, -0.2) is 118 Å². The summed E-state index contributed by atoms with van der Waals surface area (Å²) in [6, 6.07) is 13.3. The van der Waals surface area contributed by atoms with Crippen LogP contribution in [0.2, 0.25) is 36.3 Å². The molecular weight excluding hydrogens is 861 g/mol. The fourth-order valence-corrected chi connectivity index (χ4v) is 10.7. The van der Waals surface area contributed by atoms with Crippen LogP contribution in [0.4, 0.5) is 0 Å². The van der Waals surface area contributed by atoms with E-state index in [1.807, 2.05) is 56.3 Å². The minimum atomic E-state index is -2.44. The van der Waals surface area contributed by atoms with E-state index in [1.54, 1.807) is 35.5 Å². The predicted molar refractivity (Wildman–Crippen MR) is 263 cm³/mol. The van der Waals surface area contributed by atoms with Gasteiger partial charge < -0.3 is 57.0 Å². The molecule has 1 heterocycles. The average molecular weight is 947 g/mol. The summed E-state index contributed by atoms with van der Waals surface area (Å²) in [7, 11) is 3.35. The standard InChI is InChI=1S/C51H86O12Si2/c1-19-20-21-22-42(62-64(15,16)49(4,5)6)45(58-14)31-46(60-33-38-25-28-41(56-12)44(29-38)57-13)48(52)51(53)36(3)47(63-65(17,18)50(7,8)9)35(2)43(61-51)30-40(34-54-10)59-32-37-23-26-39(55-11)27-24-37/h23-29,35-36,40,42-43,45-48,52-53H,21-22,30-34H2,1-18H3/t35-,36+,40+,42-,43+,45-,46-,47-,48?,51+/m0/s1. The Labute approximate surface area is 394 Å². The second-order valence-electron chi connectivity index (χ2n) is 20.7. The fourth-order valence-electron chi connectivity index (χ4n) is 7.82. The smallest absolute Gasteiger partial charge is 0.199 e. The molecule has 1 saturated heterocycles. The van der Waals surface area contributed by atoms with Crippen LogP contribution < -0.4 is 14.2 Å². The molecule has 14 heteroatoms. The van der Waals surface area contributed by atoms with E-state index in [1.165, 1.54) is 0 Å². The van der Waals surface area contributed by atoms with Gasteiger partial charge in [-0.25, -0.2) is 0 Å². The van der Waals surface area contributed by atoms with Crippen LogP contribution in [0.25, 0.3) is 0 Å². The van der Waals surface area contributed by atoms with Gasteiger partial charge in [-0.2, -0.15) is 0 Å². The normalized spacial score (nSPS) is 23.1. The van der Waals surface area contributed by atoms with Crippen molar-refractivity contribution in [1.82, 2.24) is 0 Å². The Morgan fingerprint density at radius 1 is 0.769 bits per heavy atom. The van der Waals surface area contributed by atoms with Crippen LogP contribution in [0.3, 0.4) is 0 Å². The SMILES string of the molecule is CC#CCC[C@H](O[Si](C)(C)C(C)(C)C)[C@H](C[C@H](OCc1ccc(OC)c(OC)c1)C(O)[C@]1(O)O[C@H](C[C@H](COC)OCc2ccc(OC)cc2)[C@H](C)[C@H](O[Si](C)(C)C(C)(C)C)[C@H]1C)OC. The lowest BCUT2D eigenvalue weighted by molar-refractivity contribution is -0.363. The van der Waals surface area contributed by atoms with Gasteiger partial charge in [-0.15, -0.1) is 11.8 Å². The molecule has 0 aliphatic carbocycles. The second kappa shape index (κ2) is 24.7. The highest BCUT2D eigenvalue weighted by Gasteiger charge is 2.59. The summed E-state index contributed by atoms with van der Waals surface area (Å²) in [6.07, 6.45) is -3.25. The fraction of sp³-hybridized carbons (Fsp3) is 0.725. The first kappa shape index (κ1) is 56.8. The van der Waals surface area contributed by atoms with Gasteiger partial charge in [0.25, 0.3) is 0 Å². The predicted octanol–water partition coefficient (Wildman–Crippen LogP) is 9.93. The van der Waals surface area contributed by atoms with Gasteiger partial charge >= 0.3 is 0 Å². The lowest BCUT2D eigenvalue weighted by Crippen LogP contribution is -2.67. The highest BCUT2D eigenvalue weighted by atomic mass is 28.4. The first-order chi connectivity index (χ1) is 30.3. The van der Waals surface area contributed by atoms with Crippen molar-refractivity contribution >= 4 is 16.6 Å². The lowest BCUT2D eigenvalue weighted by atomic mass is 9.76. The third-order valence-electron chi connectivity index (χ3n) is 14.2.